The standard InChI is InChI=1S/C23H29N3O3/c1-26-14-19(20(15-26)23(27)25-17-9-11-24-12-10-17)16-7-8-21(28-2)22(13-16)29-18-5-3-4-6-18/h7-13,18-20H,3-6,14-15H2,1-2H3,(H,24,25,27)/t19-,20+/m1/s1. The van der Waals surface area contributed by atoms with Crippen molar-refractivity contribution in [3.8, 4) is 11.5 Å². The maximum atomic E-state index is 13.0. The number of aromatic nitrogens is 1. The van der Waals surface area contributed by atoms with Crippen molar-refractivity contribution >= 4 is 11.6 Å². The van der Waals surface area contributed by atoms with Gasteiger partial charge in [-0.15, -0.1) is 0 Å². The summed E-state index contributed by atoms with van der Waals surface area (Å²) in [5.41, 5.74) is 1.90. The minimum atomic E-state index is -0.124. The third-order valence-corrected chi connectivity index (χ3v) is 6.00. The first-order valence-corrected chi connectivity index (χ1v) is 10.4. The Kier molecular flexibility index (Phi) is 6.00. The lowest BCUT2D eigenvalue weighted by atomic mass is 9.88. The van der Waals surface area contributed by atoms with E-state index in [4.69, 9.17) is 9.47 Å². The van der Waals surface area contributed by atoms with Crippen LogP contribution < -0.4 is 14.8 Å². The maximum Gasteiger partial charge on any atom is 0.229 e. The summed E-state index contributed by atoms with van der Waals surface area (Å²) in [5.74, 6) is 1.57. The number of likely N-dealkylation sites (tertiary alicyclic amines) is 1. The van der Waals surface area contributed by atoms with Crippen molar-refractivity contribution in [3.63, 3.8) is 0 Å². The van der Waals surface area contributed by atoms with Crippen molar-refractivity contribution in [2.24, 2.45) is 5.92 Å². The minimum Gasteiger partial charge on any atom is -0.493 e. The molecule has 2 fully saturated rings. The van der Waals surface area contributed by atoms with E-state index >= 15 is 0 Å². The molecule has 2 atom stereocenters. The first kappa shape index (κ1) is 19.7. The number of hydrogen-bond acceptors (Lipinski definition) is 5. The van der Waals surface area contributed by atoms with Crippen LogP contribution >= 0.6 is 0 Å². The SMILES string of the molecule is COc1ccc([C@H]2CN(C)C[C@@H]2C(=O)Nc2ccncc2)cc1OC1CCCC1. The van der Waals surface area contributed by atoms with Gasteiger partial charge in [-0.2, -0.15) is 0 Å². The number of nitrogens with one attached hydrogen (secondary N) is 1. The molecule has 1 amide bonds. The summed E-state index contributed by atoms with van der Waals surface area (Å²) >= 11 is 0. The van der Waals surface area contributed by atoms with E-state index in [0.29, 0.717) is 0 Å². The first-order valence-electron chi connectivity index (χ1n) is 10.4. The summed E-state index contributed by atoms with van der Waals surface area (Å²) in [7, 11) is 3.73. The van der Waals surface area contributed by atoms with Crippen LogP contribution in [0.1, 0.15) is 37.2 Å². The Morgan fingerprint density at radius 3 is 2.59 bits per heavy atom. The molecule has 0 radical (unpaired) electrons. The van der Waals surface area contributed by atoms with Crippen LogP contribution in [0.15, 0.2) is 42.7 Å². The minimum absolute atomic E-state index is 0.0413. The molecule has 1 saturated carbocycles. The highest BCUT2D eigenvalue weighted by Gasteiger charge is 2.37. The molecule has 29 heavy (non-hydrogen) atoms. The van der Waals surface area contributed by atoms with Crippen LogP contribution in [0, 0.1) is 5.92 Å². The third-order valence-electron chi connectivity index (χ3n) is 6.00. The van der Waals surface area contributed by atoms with Gasteiger partial charge in [-0.3, -0.25) is 9.78 Å². The second kappa shape index (κ2) is 8.82. The Hall–Kier alpha value is -2.60. The summed E-state index contributed by atoms with van der Waals surface area (Å²) in [5, 5.41) is 3.04. The molecule has 0 spiro atoms. The van der Waals surface area contributed by atoms with Crippen LogP contribution in [-0.4, -0.2) is 49.1 Å². The highest BCUT2D eigenvalue weighted by Crippen LogP contribution is 2.38. The van der Waals surface area contributed by atoms with Gasteiger partial charge in [0.05, 0.1) is 19.1 Å². The number of carbonyl (C=O) groups excluding carboxylic acids is 1. The van der Waals surface area contributed by atoms with Crippen LogP contribution in [0.4, 0.5) is 5.69 Å². The summed E-state index contributed by atoms with van der Waals surface area (Å²) in [4.78, 5) is 19.2. The van der Waals surface area contributed by atoms with Crippen molar-refractivity contribution in [3.05, 3.63) is 48.3 Å². The second-order valence-corrected chi connectivity index (χ2v) is 8.09. The Labute approximate surface area is 172 Å². The number of pyridine rings is 1. The average molecular weight is 396 g/mol. The summed E-state index contributed by atoms with van der Waals surface area (Å²) in [6, 6.07) is 9.74. The van der Waals surface area contributed by atoms with Gasteiger partial charge in [0, 0.05) is 37.1 Å². The first-order chi connectivity index (χ1) is 14.1. The number of carbonyl (C=O) groups is 1. The number of nitrogens with zero attached hydrogens (tertiary/aromatic N) is 2. The number of hydrogen-bond donors (Lipinski definition) is 1. The number of methoxy groups -OCH3 is 1. The van der Waals surface area contributed by atoms with Crippen LogP contribution in [0.5, 0.6) is 11.5 Å². The van der Waals surface area contributed by atoms with Gasteiger partial charge in [0.15, 0.2) is 11.5 Å². The molecule has 2 aromatic rings. The Bertz CT molecular complexity index is 837. The monoisotopic (exact) mass is 395 g/mol. The molecule has 154 valence electrons. The largest absolute Gasteiger partial charge is 0.493 e. The molecular weight excluding hydrogens is 366 g/mol. The third kappa shape index (κ3) is 4.53. The number of amides is 1. The quantitative estimate of drug-likeness (QED) is 0.808. The molecule has 1 saturated heterocycles. The fourth-order valence-electron chi connectivity index (χ4n) is 4.48. The van der Waals surface area contributed by atoms with E-state index in [9.17, 15) is 4.79 Å². The average Bonchev–Trinajstić information content (AvgIpc) is 3.38. The molecular formula is C23H29N3O3. The van der Waals surface area contributed by atoms with Crippen LogP contribution in [0.2, 0.25) is 0 Å². The van der Waals surface area contributed by atoms with Crippen LogP contribution in [0.25, 0.3) is 0 Å². The van der Waals surface area contributed by atoms with Gasteiger partial charge < -0.3 is 19.7 Å². The molecule has 6 nitrogen and oxygen atoms in total. The molecule has 2 aliphatic rings. The molecule has 1 aliphatic heterocycles. The van der Waals surface area contributed by atoms with E-state index < -0.39 is 0 Å². The number of ether oxygens (including phenoxy) is 2. The van der Waals surface area contributed by atoms with Crippen molar-refractivity contribution < 1.29 is 14.3 Å². The highest BCUT2D eigenvalue weighted by molar-refractivity contribution is 5.93. The zero-order valence-corrected chi connectivity index (χ0v) is 17.1. The van der Waals surface area contributed by atoms with Crippen molar-refractivity contribution in [1.29, 1.82) is 0 Å². The van der Waals surface area contributed by atoms with Gasteiger partial charge in [-0.25, -0.2) is 0 Å². The topological polar surface area (TPSA) is 63.7 Å². The highest BCUT2D eigenvalue weighted by atomic mass is 16.5. The maximum absolute atomic E-state index is 13.0. The Morgan fingerprint density at radius 1 is 1.10 bits per heavy atom. The molecule has 1 N–H and O–H groups in total. The molecule has 1 aliphatic carbocycles. The predicted octanol–water partition coefficient (Wildman–Crippen LogP) is 3.70. The fourth-order valence-corrected chi connectivity index (χ4v) is 4.48. The lowest BCUT2D eigenvalue weighted by Gasteiger charge is -2.21. The number of likely N-dealkylation sites (N-methyl/N-ethyl adjacent to an activating group) is 1. The number of rotatable bonds is 6. The molecule has 6 heteroatoms. The molecule has 1 aromatic heterocycles. The lowest BCUT2D eigenvalue weighted by molar-refractivity contribution is -0.119. The summed E-state index contributed by atoms with van der Waals surface area (Å²) < 4.78 is 11.8. The van der Waals surface area contributed by atoms with Gasteiger partial charge in [-0.1, -0.05) is 6.07 Å². The van der Waals surface area contributed by atoms with E-state index in [-0.39, 0.29) is 23.8 Å². The molecule has 1 aromatic carbocycles. The van der Waals surface area contributed by atoms with Crippen LogP contribution in [-0.2, 0) is 4.79 Å². The number of benzene rings is 1. The molecule has 0 unspecified atom stereocenters. The Morgan fingerprint density at radius 2 is 1.86 bits per heavy atom. The zero-order valence-electron chi connectivity index (χ0n) is 17.1. The van der Waals surface area contributed by atoms with Crippen molar-refractivity contribution in [2.45, 2.75) is 37.7 Å². The van der Waals surface area contributed by atoms with Crippen LogP contribution in [0.3, 0.4) is 0 Å². The zero-order chi connectivity index (χ0) is 20.2. The molecule has 2 heterocycles. The van der Waals surface area contributed by atoms with Gasteiger partial charge >= 0.3 is 0 Å². The van der Waals surface area contributed by atoms with E-state index in [1.807, 2.05) is 18.2 Å². The van der Waals surface area contributed by atoms with Gasteiger partial charge in [0.25, 0.3) is 0 Å². The predicted molar refractivity (Wildman–Crippen MR) is 112 cm³/mol. The van der Waals surface area contributed by atoms with E-state index in [1.165, 1.54) is 12.8 Å². The molecule has 4 rings (SSSR count). The smallest absolute Gasteiger partial charge is 0.229 e. The fraction of sp³-hybridized carbons (Fsp3) is 0.478. The van der Waals surface area contributed by atoms with E-state index in [0.717, 1.165) is 48.7 Å². The lowest BCUT2D eigenvalue weighted by Crippen LogP contribution is -2.28. The van der Waals surface area contributed by atoms with E-state index in [1.54, 1.807) is 19.5 Å². The molecule has 0 bridgehead atoms. The second-order valence-electron chi connectivity index (χ2n) is 8.09. The van der Waals surface area contributed by atoms with Crippen molar-refractivity contribution in [1.82, 2.24) is 9.88 Å². The van der Waals surface area contributed by atoms with Gasteiger partial charge in [0.2, 0.25) is 5.91 Å². The van der Waals surface area contributed by atoms with Gasteiger partial charge in [-0.05, 0) is 62.6 Å². The number of anilines is 1. The summed E-state index contributed by atoms with van der Waals surface area (Å²) in [6.45, 7) is 1.57. The van der Waals surface area contributed by atoms with Crippen molar-refractivity contribution in [2.75, 3.05) is 32.6 Å². The summed E-state index contributed by atoms with van der Waals surface area (Å²) in [6.07, 6.45) is 8.26. The van der Waals surface area contributed by atoms with E-state index in [2.05, 4.69) is 34.4 Å². The van der Waals surface area contributed by atoms with Gasteiger partial charge in [0.1, 0.15) is 0 Å². The Balaban J connectivity index is 1.55. The normalized spacial score (nSPS) is 22.6.